The smallest absolute Gasteiger partial charge is 0.344 e. The van der Waals surface area contributed by atoms with Crippen molar-refractivity contribution in [1.29, 1.82) is 0 Å². The molecule has 0 fully saturated rings. The highest BCUT2D eigenvalue weighted by Gasteiger charge is 2.30. The topological polar surface area (TPSA) is 141 Å². The monoisotopic (exact) mass is 637 g/mol. The third-order valence-corrected chi connectivity index (χ3v) is 7.88. The molecule has 0 saturated carbocycles. The van der Waals surface area contributed by atoms with Crippen molar-refractivity contribution in [1.82, 2.24) is 20.2 Å². The summed E-state index contributed by atoms with van der Waals surface area (Å²) in [5, 5.41) is 13.9. The fraction of sp³-hybridized carbons (Fsp3) is 0.108. The van der Waals surface area contributed by atoms with Crippen molar-refractivity contribution in [2.75, 3.05) is 4.90 Å². The van der Waals surface area contributed by atoms with Gasteiger partial charge >= 0.3 is 11.3 Å². The van der Waals surface area contributed by atoms with Gasteiger partial charge in [0.25, 0.3) is 17.8 Å². The second-order valence-electron chi connectivity index (χ2n) is 11.1. The fourth-order valence-corrected chi connectivity index (χ4v) is 5.42. The first-order valence-corrected chi connectivity index (χ1v) is 15.3. The number of anilines is 1. The lowest BCUT2D eigenvalue weighted by atomic mass is 10.0. The van der Waals surface area contributed by atoms with E-state index in [9.17, 15) is 19.2 Å². The molecule has 0 N–H and O–H groups in total. The Balaban J connectivity index is 1.29. The number of nitrogens with zero attached hydrogens (tertiary/aromatic N) is 5. The van der Waals surface area contributed by atoms with Crippen LogP contribution in [0.2, 0.25) is 0 Å². The van der Waals surface area contributed by atoms with Crippen LogP contribution >= 0.6 is 0 Å². The van der Waals surface area contributed by atoms with E-state index in [4.69, 9.17) is 8.83 Å². The molecule has 0 atom stereocenters. The zero-order valence-corrected chi connectivity index (χ0v) is 25.7. The first kappa shape index (κ1) is 30.2. The molecule has 0 aliphatic heterocycles. The van der Waals surface area contributed by atoms with Gasteiger partial charge in [0.15, 0.2) is 0 Å². The molecule has 0 bridgehead atoms. The van der Waals surface area contributed by atoms with Gasteiger partial charge in [-0.15, -0.1) is 5.10 Å². The average molecular weight is 638 g/mol. The molecule has 0 aliphatic rings. The second-order valence-corrected chi connectivity index (χ2v) is 11.1. The van der Waals surface area contributed by atoms with Crippen LogP contribution in [0.15, 0.2) is 128 Å². The van der Waals surface area contributed by atoms with Gasteiger partial charge in [-0.25, -0.2) is 14.5 Å². The summed E-state index contributed by atoms with van der Waals surface area (Å²) in [6, 6.07) is 30.3. The van der Waals surface area contributed by atoms with Gasteiger partial charge in [0.2, 0.25) is 0 Å². The van der Waals surface area contributed by atoms with E-state index in [0.29, 0.717) is 39.6 Å². The summed E-state index contributed by atoms with van der Waals surface area (Å²) >= 11 is 0. The van der Waals surface area contributed by atoms with Gasteiger partial charge in [-0.2, -0.15) is 4.80 Å². The minimum atomic E-state index is -0.738. The summed E-state index contributed by atoms with van der Waals surface area (Å²) in [6.07, 6.45) is 1.65. The normalized spacial score (nSPS) is 11.2. The van der Waals surface area contributed by atoms with Crippen LogP contribution in [0.25, 0.3) is 44.2 Å². The number of para-hydroxylation sites is 2. The third-order valence-electron chi connectivity index (χ3n) is 7.88. The van der Waals surface area contributed by atoms with Crippen molar-refractivity contribution < 1.29 is 18.4 Å². The summed E-state index contributed by atoms with van der Waals surface area (Å²) in [5.41, 5.74) is 1.32. The highest BCUT2D eigenvalue weighted by atomic mass is 16.4. The maximum Gasteiger partial charge on any atom is 0.344 e. The van der Waals surface area contributed by atoms with Crippen LogP contribution in [-0.4, -0.2) is 32.0 Å². The highest BCUT2D eigenvalue weighted by molar-refractivity contribution is 6.25. The van der Waals surface area contributed by atoms with Crippen LogP contribution in [0.1, 0.15) is 40.5 Å². The molecule has 7 aromatic rings. The lowest BCUT2D eigenvalue weighted by Crippen LogP contribution is -2.38. The number of hydrogen-bond donors (Lipinski definition) is 0. The van der Waals surface area contributed by atoms with Crippen molar-refractivity contribution in [2.24, 2.45) is 0 Å². The average Bonchev–Trinajstić information content (AvgIpc) is 3.58. The molecular formula is C37H27N5O6. The fourth-order valence-electron chi connectivity index (χ4n) is 5.42. The zero-order chi connectivity index (χ0) is 33.2. The van der Waals surface area contributed by atoms with Gasteiger partial charge in [0.05, 0.1) is 17.7 Å². The minimum Gasteiger partial charge on any atom is -0.422 e. The molecule has 3 heterocycles. The molecule has 7 rings (SSSR count). The van der Waals surface area contributed by atoms with Gasteiger partial charge in [0, 0.05) is 21.9 Å². The lowest BCUT2D eigenvalue weighted by molar-refractivity contribution is 0.0895. The number of unbranched alkanes of at least 4 members (excludes halogenated alkanes) is 1. The van der Waals surface area contributed by atoms with Crippen LogP contribution in [0.4, 0.5) is 5.95 Å². The van der Waals surface area contributed by atoms with E-state index in [2.05, 4.69) is 15.4 Å². The van der Waals surface area contributed by atoms with Gasteiger partial charge in [-0.3, -0.25) is 9.59 Å². The minimum absolute atomic E-state index is 0.102. The summed E-state index contributed by atoms with van der Waals surface area (Å²) in [5.74, 6) is -1.69. The number of carbonyl (C=O) groups is 2. The number of aryl methyl sites for hydroxylation is 1. The number of imide groups is 1. The van der Waals surface area contributed by atoms with Crippen LogP contribution in [0, 0.1) is 0 Å². The number of carbonyl (C=O) groups excluding carboxylic acids is 2. The van der Waals surface area contributed by atoms with Crippen molar-refractivity contribution in [3.63, 3.8) is 0 Å². The Morgan fingerprint density at radius 3 is 1.73 bits per heavy atom. The molecule has 3 aromatic heterocycles. The van der Waals surface area contributed by atoms with Gasteiger partial charge < -0.3 is 8.83 Å². The molecule has 0 saturated heterocycles. The van der Waals surface area contributed by atoms with Crippen molar-refractivity contribution in [3.8, 4) is 22.3 Å². The van der Waals surface area contributed by atoms with Crippen molar-refractivity contribution >= 4 is 39.7 Å². The Kier molecular flexibility index (Phi) is 8.00. The summed E-state index contributed by atoms with van der Waals surface area (Å²) in [4.78, 5) is 56.5. The molecule has 0 aliphatic carbocycles. The van der Waals surface area contributed by atoms with E-state index < -0.39 is 23.1 Å². The molecule has 11 nitrogen and oxygen atoms in total. The number of fused-ring (bicyclic) bond motifs is 2. The van der Waals surface area contributed by atoms with E-state index in [1.165, 1.54) is 29.1 Å². The second kappa shape index (κ2) is 12.7. The lowest BCUT2D eigenvalue weighted by Gasteiger charge is -2.18. The number of tetrazole rings is 1. The molecule has 11 heteroatoms. The van der Waals surface area contributed by atoms with Gasteiger partial charge in [-0.1, -0.05) is 79.1 Å². The highest BCUT2D eigenvalue weighted by Crippen LogP contribution is 2.26. The molecule has 4 aromatic carbocycles. The maximum atomic E-state index is 14.2. The number of amides is 2. The van der Waals surface area contributed by atoms with E-state index in [-0.39, 0.29) is 28.2 Å². The van der Waals surface area contributed by atoms with Gasteiger partial charge in [0.1, 0.15) is 11.2 Å². The van der Waals surface area contributed by atoms with E-state index in [1.807, 2.05) is 31.2 Å². The Hall–Kier alpha value is -6.49. The summed E-state index contributed by atoms with van der Waals surface area (Å²) in [7, 11) is 0. The summed E-state index contributed by atoms with van der Waals surface area (Å²) < 4.78 is 11.0. The van der Waals surface area contributed by atoms with Crippen LogP contribution < -0.4 is 16.2 Å². The Labute approximate surface area is 272 Å². The number of hydrogen-bond acceptors (Lipinski definition) is 9. The SMILES string of the molecule is CCCCn1nnc(N(C(=O)c2cccc(-c3cc4ccccc4oc3=O)c2)C(=O)c2cccc(-c3cc4ccccc4oc3=O)c2)n1. The van der Waals surface area contributed by atoms with E-state index in [1.54, 1.807) is 60.7 Å². The largest absolute Gasteiger partial charge is 0.422 e. The third kappa shape index (κ3) is 5.80. The molecule has 236 valence electrons. The Morgan fingerprint density at radius 2 is 1.21 bits per heavy atom. The van der Waals surface area contributed by atoms with Crippen molar-refractivity contribution in [3.05, 3.63) is 141 Å². The predicted molar refractivity (Wildman–Crippen MR) is 180 cm³/mol. The maximum absolute atomic E-state index is 14.2. The molecule has 0 spiro atoms. The molecule has 0 radical (unpaired) electrons. The van der Waals surface area contributed by atoms with Gasteiger partial charge in [-0.05, 0) is 71.3 Å². The van der Waals surface area contributed by atoms with Crippen LogP contribution in [0.5, 0.6) is 0 Å². The quantitative estimate of drug-likeness (QED) is 0.135. The van der Waals surface area contributed by atoms with Crippen LogP contribution in [-0.2, 0) is 6.54 Å². The zero-order valence-electron chi connectivity index (χ0n) is 25.7. The molecule has 2 amide bonds. The first-order valence-electron chi connectivity index (χ1n) is 15.3. The predicted octanol–water partition coefficient (Wildman–Crippen LogP) is 6.51. The van der Waals surface area contributed by atoms with E-state index >= 15 is 0 Å². The number of benzene rings is 4. The summed E-state index contributed by atoms with van der Waals surface area (Å²) in [6.45, 7) is 2.46. The van der Waals surface area contributed by atoms with E-state index in [0.717, 1.165) is 17.7 Å². The Bertz CT molecular complexity index is 2310. The standard InChI is InChI=1S/C37H27N5O6/c1-2-3-18-41-39-37(38-40-41)42(33(43)27-14-8-12-23(19-27)29-21-25-10-4-6-16-31(25)47-35(29)45)34(44)28-15-9-13-24(20-28)30-22-26-11-5-7-17-32(26)48-36(30)46/h4-17,19-22H,2-3,18H2,1H3. The Morgan fingerprint density at radius 1 is 0.688 bits per heavy atom. The van der Waals surface area contributed by atoms with Crippen molar-refractivity contribution in [2.45, 2.75) is 26.3 Å². The first-order chi connectivity index (χ1) is 23.4. The molecule has 0 unspecified atom stereocenters. The number of rotatable bonds is 8. The van der Waals surface area contributed by atoms with Crippen LogP contribution in [0.3, 0.4) is 0 Å². The number of aromatic nitrogens is 4. The molecule has 48 heavy (non-hydrogen) atoms. The molecular weight excluding hydrogens is 610 g/mol.